The lowest BCUT2D eigenvalue weighted by Gasteiger charge is -2.19. The molecule has 29 heavy (non-hydrogen) atoms. The van der Waals surface area contributed by atoms with Crippen molar-refractivity contribution >= 4 is 17.8 Å². The fraction of sp³-hybridized carbons (Fsp3) is 0.600. The van der Waals surface area contributed by atoms with E-state index < -0.39 is 17.7 Å². The summed E-state index contributed by atoms with van der Waals surface area (Å²) < 4.78 is 22.0. The van der Waals surface area contributed by atoms with Gasteiger partial charge in [0, 0.05) is 25.2 Å². The summed E-state index contributed by atoms with van der Waals surface area (Å²) in [5.74, 6) is 1.48. The molecule has 0 unspecified atom stereocenters. The zero-order chi connectivity index (χ0) is 21.9. The standard InChI is InChI=1S/C20H33N3O6/c1-7-26-15-12-14(13-16(27-8-2)17(15)28-9-3)23-18(24)21-10-11-22-19(25)29-20(4,5)6/h12-13H,7-11H2,1-6H3,(H,22,25)(H2,21,23,24). The van der Waals surface area contributed by atoms with E-state index in [-0.39, 0.29) is 13.1 Å². The molecule has 0 bridgehead atoms. The topological polar surface area (TPSA) is 107 Å². The molecule has 0 fully saturated rings. The number of alkyl carbamates (subject to hydrolysis) is 1. The molecule has 0 atom stereocenters. The summed E-state index contributed by atoms with van der Waals surface area (Å²) in [6.45, 7) is 12.7. The lowest BCUT2D eigenvalue weighted by atomic mass is 10.2. The Morgan fingerprint density at radius 1 is 0.862 bits per heavy atom. The summed E-state index contributed by atoms with van der Waals surface area (Å²) in [7, 11) is 0. The number of rotatable bonds is 10. The minimum atomic E-state index is -0.570. The molecule has 1 aromatic carbocycles. The second-order valence-corrected chi connectivity index (χ2v) is 6.91. The minimum absolute atomic E-state index is 0.235. The maximum Gasteiger partial charge on any atom is 0.407 e. The van der Waals surface area contributed by atoms with Gasteiger partial charge in [0.05, 0.1) is 25.5 Å². The Morgan fingerprint density at radius 3 is 1.86 bits per heavy atom. The van der Waals surface area contributed by atoms with E-state index in [4.69, 9.17) is 18.9 Å². The largest absolute Gasteiger partial charge is 0.490 e. The van der Waals surface area contributed by atoms with E-state index in [0.29, 0.717) is 42.8 Å². The van der Waals surface area contributed by atoms with Gasteiger partial charge in [-0.05, 0) is 41.5 Å². The molecule has 3 amide bonds. The Bertz CT molecular complexity index is 646. The summed E-state index contributed by atoms with van der Waals surface area (Å²) in [5, 5.41) is 7.96. The van der Waals surface area contributed by atoms with Gasteiger partial charge < -0.3 is 34.9 Å². The third-order valence-electron chi connectivity index (χ3n) is 3.25. The summed E-state index contributed by atoms with van der Waals surface area (Å²) in [6, 6.07) is 2.93. The number of nitrogens with one attached hydrogen (secondary N) is 3. The lowest BCUT2D eigenvalue weighted by Crippen LogP contribution is -2.39. The molecule has 0 saturated carbocycles. The van der Waals surface area contributed by atoms with Crippen LogP contribution in [0.2, 0.25) is 0 Å². The number of carbonyl (C=O) groups is 2. The van der Waals surface area contributed by atoms with Crippen molar-refractivity contribution in [2.45, 2.75) is 47.1 Å². The van der Waals surface area contributed by atoms with Crippen LogP contribution in [-0.2, 0) is 4.74 Å². The zero-order valence-electron chi connectivity index (χ0n) is 18.1. The SMILES string of the molecule is CCOc1cc(NC(=O)NCCNC(=O)OC(C)(C)C)cc(OCC)c1OCC. The van der Waals surface area contributed by atoms with Crippen molar-refractivity contribution in [3.05, 3.63) is 12.1 Å². The molecule has 0 aliphatic carbocycles. The van der Waals surface area contributed by atoms with Gasteiger partial charge in [0.1, 0.15) is 5.60 Å². The van der Waals surface area contributed by atoms with Crippen LogP contribution in [0.1, 0.15) is 41.5 Å². The van der Waals surface area contributed by atoms with Crippen molar-refractivity contribution < 1.29 is 28.5 Å². The first-order chi connectivity index (χ1) is 13.7. The van der Waals surface area contributed by atoms with E-state index in [0.717, 1.165) is 0 Å². The molecule has 1 rings (SSSR count). The Kier molecular flexibility index (Phi) is 9.91. The molecule has 0 saturated heterocycles. The number of carbonyl (C=O) groups excluding carboxylic acids is 2. The van der Waals surface area contributed by atoms with Gasteiger partial charge in [0.2, 0.25) is 5.75 Å². The second-order valence-electron chi connectivity index (χ2n) is 6.91. The first-order valence-corrected chi connectivity index (χ1v) is 9.78. The van der Waals surface area contributed by atoms with Gasteiger partial charge in [-0.25, -0.2) is 9.59 Å². The number of ether oxygens (including phenoxy) is 4. The Morgan fingerprint density at radius 2 is 1.38 bits per heavy atom. The van der Waals surface area contributed by atoms with Crippen LogP contribution in [0.15, 0.2) is 12.1 Å². The van der Waals surface area contributed by atoms with Crippen LogP contribution in [-0.4, -0.2) is 50.6 Å². The van der Waals surface area contributed by atoms with Crippen LogP contribution in [0, 0.1) is 0 Å². The van der Waals surface area contributed by atoms with Crippen molar-refractivity contribution in [3.63, 3.8) is 0 Å². The number of amides is 3. The molecule has 0 aliphatic rings. The lowest BCUT2D eigenvalue weighted by molar-refractivity contribution is 0.0528. The van der Waals surface area contributed by atoms with Gasteiger partial charge in [-0.15, -0.1) is 0 Å². The molecular formula is C20H33N3O6. The third-order valence-corrected chi connectivity index (χ3v) is 3.25. The van der Waals surface area contributed by atoms with Crippen molar-refractivity contribution in [2.75, 3.05) is 38.2 Å². The molecule has 0 aliphatic heterocycles. The maximum absolute atomic E-state index is 12.2. The quantitative estimate of drug-likeness (QED) is 0.509. The van der Waals surface area contributed by atoms with Crippen molar-refractivity contribution in [1.82, 2.24) is 10.6 Å². The predicted molar refractivity (Wildman–Crippen MR) is 111 cm³/mol. The first kappa shape index (κ1) is 24.2. The number of hydrogen-bond donors (Lipinski definition) is 3. The van der Waals surface area contributed by atoms with E-state index in [9.17, 15) is 9.59 Å². The fourth-order valence-electron chi connectivity index (χ4n) is 2.29. The molecule has 0 aromatic heterocycles. The van der Waals surface area contributed by atoms with Gasteiger partial charge in [0.15, 0.2) is 11.5 Å². The van der Waals surface area contributed by atoms with E-state index in [1.165, 1.54) is 0 Å². The van der Waals surface area contributed by atoms with Gasteiger partial charge in [-0.3, -0.25) is 0 Å². The third kappa shape index (κ3) is 9.27. The molecular weight excluding hydrogens is 378 g/mol. The number of hydrogen-bond acceptors (Lipinski definition) is 6. The molecule has 164 valence electrons. The van der Waals surface area contributed by atoms with Crippen molar-refractivity contribution in [2.24, 2.45) is 0 Å². The molecule has 9 heteroatoms. The highest BCUT2D eigenvalue weighted by Crippen LogP contribution is 2.40. The maximum atomic E-state index is 12.2. The number of urea groups is 1. The van der Waals surface area contributed by atoms with Gasteiger partial charge in [0.25, 0.3) is 0 Å². The number of benzene rings is 1. The van der Waals surface area contributed by atoms with Crippen molar-refractivity contribution in [1.29, 1.82) is 0 Å². The van der Waals surface area contributed by atoms with Crippen LogP contribution in [0.4, 0.5) is 15.3 Å². The highest BCUT2D eigenvalue weighted by molar-refractivity contribution is 5.90. The Hall–Kier alpha value is -2.84. The average molecular weight is 411 g/mol. The van der Waals surface area contributed by atoms with E-state index in [1.54, 1.807) is 32.9 Å². The van der Waals surface area contributed by atoms with Crippen LogP contribution < -0.4 is 30.2 Å². The van der Waals surface area contributed by atoms with Crippen LogP contribution >= 0.6 is 0 Å². The van der Waals surface area contributed by atoms with Crippen LogP contribution in [0.25, 0.3) is 0 Å². The minimum Gasteiger partial charge on any atom is -0.490 e. The first-order valence-electron chi connectivity index (χ1n) is 9.78. The highest BCUT2D eigenvalue weighted by atomic mass is 16.6. The van der Waals surface area contributed by atoms with E-state index >= 15 is 0 Å². The van der Waals surface area contributed by atoms with Gasteiger partial charge in [-0.2, -0.15) is 0 Å². The normalized spacial score (nSPS) is 10.7. The van der Waals surface area contributed by atoms with Gasteiger partial charge in [-0.1, -0.05) is 0 Å². The molecule has 9 nitrogen and oxygen atoms in total. The average Bonchev–Trinajstić information content (AvgIpc) is 2.60. The molecule has 3 N–H and O–H groups in total. The summed E-state index contributed by atoms with van der Waals surface area (Å²) in [5.41, 5.74) is -0.0723. The smallest absolute Gasteiger partial charge is 0.407 e. The Labute approximate surface area is 172 Å². The molecule has 0 radical (unpaired) electrons. The van der Waals surface area contributed by atoms with E-state index in [2.05, 4.69) is 16.0 Å². The molecule has 1 aromatic rings. The zero-order valence-corrected chi connectivity index (χ0v) is 18.1. The van der Waals surface area contributed by atoms with Crippen molar-refractivity contribution in [3.8, 4) is 17.2 Å². The molecule has 0 heterocycles. The van der Waals surface area contributed by atoms with Crippen LogP contribution in [0.5, 0.6) is 17.2 Å². The fourth-order valence-corrected chi connectivity index (χ4v) is 2.29. The summed E-state index contributed by atoms with van der Waals surface area (Å²) >= 11 is 0. The van der Waals surface area contributed by atoms with Crippen LogP contribution in [0.3, 0.4) is 0 Å². The summed E-state index contributed by atoms with van der Waals surface area (Å²) in [4.78, 5) is 23.7. The molecule has 0 spiro atoms. The monoisotopic (exact) mass is 411 g/mol. The summed E-state index contributed by atoms with van der Waals surface area (Å²) in [6.07, 6.45) is -0.533. The second kappa shape index (κ2) is 11.9. The predicted octanol–water partition coefficient (Wildman–Crippen LogP) is 3.53. The van der Waals surface area contributed by atoms with E-state index in [1.807, 2.05) is 20.8 Å². The Balaban J connectivity index is 2.67. The number of anilines is 1. The van der Waals surface area contributed by atoms with Gasteiger partial charge >= 0.3 is 12.1 Å². The highest BCUT2D eigenvalue weighted by Gasteiger charge is 2.17.